The van der Waals surface area contributed by atoms with Gasteiger partial charge >= 0.3 is 0 Å². The first-order chi connectivity index (χ1) is 11.8. The molecule has 24 heavy (non-hydrogen) atoms. The fourth-order valence-electron chi connectivity index (χ4n) is 3.08. The van der Waals surface area contributed by atoms with Crippen LogP contribution in [0.1, 0.15) is 30.8 Å². The number of rotatable bonds is 3. The van der Waals surface area contributed by atoms with E-state index in [0.717, 1.165) is 30.0 Å². The van der Waals surface area contributed by atoms with Gasteiger partial charge in [0.05, 0.1) is 16.6 Å². The third kappa shape index (κ3) is 2.79. The van der Waals surface area contributed by atoms with Crippen molar-refractivity contribution >= 4 is 28.6 Å². The van der Waals surface area contributed by atoms with Gasteiger partial charge in [-0.1, -0.05) is 12.1 Å². The average Bonchev–Trinajstić information content (AvgIpc) is 3.27. The van der Waals surface area contributed by atoms with Crippen molar-refractivity contribution in [2.45, 2.75) is 19.3 Å². The standard InChI is InChI=1S/C19H18N4O/c20-13-14(19-21-16-6-2-3-7-17(16)22-19)12-15-8-9-18(24-15)23-10-4-1-5-11-23/h2-3,6-9,12H,1,4-5,10-11H2,(H,21,22). The highest BCUT2D eigenvalue weighted by molar-refractivity contribution is 5.89. The van der Waals surface area contributed by atoms with Gasteiger partial charge in [0, 0.05) is 25.2 Å². The van der Waals surface area contributed by atoms with E-state index >= 15 is 0 Å². The van der Waals surface area contributed by atoms with E-state index in [2.05, 4.69) is 20.9 Å². The second kappa shape index (κ2) is 6.25. The van der Waals surface area contributed by atoms with Crippen molar-refractivity contribution in [2.75, 3.05) is 18.0 Å². The molecule has 0 amide bonds. The first kappa shape index (κ1) is 14.6. The van der Waals surface area contributed by atoms with E-state index < -0.39 is 0 Å². The van der Waals surface area contributed by atoms with E-state index in [-0.39, 0.29) is 0 Å². The van der Waals surface area contributed by atoms with Crippen LogP contribution in [0, 0.1) is 11.3 Å². The molecule has 1 aromatic carbocycles. The SMILES string of the molecule is N#CC(=Cc1ccc(N2CCCCC2)o1)c1nc2ccccc2[nH]1. The molecular formula is C19H18N4O. The largest absolute Gasteiger partial charge is 0.441 e. The molecule has 0 saturated carbocycles. The Labute approximate surface area is 140 Å². The molecule has 1 saturated heterocycles. The van der Waals surface area contributed by atoms with Crippen molar-refractivity contribution in [3.63, 3.8) is 0 Å². The molecule has 2 aromatic heterocycles. The minimum atomic E-state index is 0.464. The van der Waals surface area contributed by atoms with Gasteiger partial charge in [-0.15, -0.1) is 0 Å². The maximum Gasteiger partial charge on any atom is 0.196 e. The fourth-order valence-corrected chi connectivity index (χ4v) is 3.08. The molecule has 1 N–H and O–H groups in total. The number of nitriles is 1. The summed E-state index contributed by atoms with van der Waals surface area (Å²) < 4.78 is 5.91. The minimum absolute atomic E-state index is 0.464. The highest BCUT2D eigenvalue weighted by Crippen LogP contribution is 2.25. The second-order valence-electron chi connectivity index (χ2n) is 6.00. The van der Waals surface area contributed by atoms with E-state index in [0.29, 0.717) is 17.2 Å². The highest BCUT2D eigenvalue weighted by atomic mass is 16.4. The summed E-state index contributed by atoms with van der Waals surface area (Å²) in [6.45, 7) is 2.07. The Morgan fingerprint density at radius 1 is 1.17 bits per heavy atom. The maximum atomic E-state index is 9.49. The third-order valence-corrected chi connectivity index (χ3v) is 4.33. The van der Waals surface area contributed by atoms with Gasteiger partial charge in [-0.25, -0.2) is 4.98 Å². The lowest BCUT2D eigenvalue weighted by molar-refractivity contribution is 0.496. The molecule has 1 aliphatic rings. The van der Waals surface area contributed by atoms with Crippen LogP contribution in [-0.4, -0.2) is 23.1 Å². The maximum absolute atomic E-state index is 9.49. The number of aromatic nitrogens is 2. The van der Waals surface area contributed by atoms with Crippen LogP contribution in [0.5, 0.6) is 0 Å². The number of anilines is 1. The van der Waals surface area contributed by atoms with Crippen LogP contribution in [0.15, 0.2) is 40.8 Å². The van der Waals surface area contributed by atoms with Gasteiger partial charge in [0.25, 0.3) is 0 Å². The van der Waals surface area contributed by atoms with Gasteiger partial charge in [0.1, 0.15) is 17.7 Å². The van der Waals surface area contributed by atoms with Crippen molar-refractivity contribution in [1.82, 2.24) is 9.97 Å². The zero-order valence-corrected chi connectivity index (χ0v) is 13.3. The average molecular weight is 318 g/mol. The molecule has 0 unspecified atom stereocenters. The number of imidazole rings is 1. The molecule has 3 aromatic rings. The van der Waals surface area contributed by atoms with Crippen molar-refractivity contribution < 1.29 is 4.42 Å². The van der Waals surface area contributed by atoms with E-state index in [4.69, 9.17) is 4.42 Å². The predicted octanol–water partition coefficient (Wildman–Crippen LogP) is 4.21. The number of piperidine rings is 1. The molecule has 0 aliphatic carbocycles. The topological polar surface area (TPSA) is 68.8 Å². The van der Waals surface area contributed by atoms with Gasteiger partial charge < -0.3 is 14.3 Å². The number of hydrogen-bond acceptors (Lipinski definition) is 4. The monoisotopic (exact) mass is 318 g/mol. The van der Waals surface area contributed by atoms with Crippen LogP contribution in [0.2, 0.25) is 0 Å². The molecule has 0 bridgehead atoms. The molecule has 5 heteroatoms. The van der Waals surface area contributed by atoms with E-state index in [9.17, 15) is 5.26 Å². The van der Waals surface area contributed by atoms with Crippen LogP contribution in [0.25, 0.3) is 22.7 Å². The summed E-state index contributed by atoms with van der Waals surface area (Å²) in [5.74, 6) is 2.12. The zero-order chi connectivity index (χ0) is 16.4. The normalized spacial score (nSPS) is 15.6. The summed E-state index contributed by atoms with van der Waals surface area (Å²) in [6, 6.07) is 13.8. The Morgan fingerprint density at radius 2 is 2.00 bits per heavy atom. The van der Waals surface area contributed by atoms with Crippen molar-refractivity contribution in [3.8, 4) is 6.07 Å². The number of allylic oxidation sites excluding steroid dienone is 1. The molecule has 5 nitrogen and oxygen atoms in total. The molecule has 0 spiro atoms. The highest BCUT2D eigenvalue weighted by Gasteiger charge is 2.14. The molecular weight excluding hydrogens is 300 g/mol. The summed E-state index contributed by atoms with van der Waals surface area (Å²) in [7, 11) is 0. The van der Waals surface area contributed by atoms with Gasteiger partial charge in [-0.3, -0.25) is 0 Å². The first-order valence-corrected chi connectivity index (χ1v) is 8.25. The number of H-pyrrole nitrogens is 1. The van der Waals surface area contributed by atoms with E-state index in [1.165, 1.54) is 19.3 Å². The summed E-state index contributed by atoms with van der Waals surface area (Å²) >= 11 is 0. The lowest BCUT2D eigenvalue weighted by Gasteiger charge is -2.25. The Bertz CT molecular complexity index is 889. The van der Waals surface area contributed by atoms with E-state index in [1.807, 2.05) is 36.4 Å². The summed E-state index contributed by atoms with van der Waals surface area (Å²) in [6.07, 6.45) is 5.43. The smallest absolute Gasteiger partial charge is 0.196 e. The summed E-state index contributed by atoms with van der Waals surface area (Å²) in [5, 5.41) is 9.49. The van der Waals surface area contributed by atoms with Gasteiger partial charge in [-0.05, 0) is 37.5 Å². The van der Waals surface area contributed by atoms with Crippen molar-refractivity contribution in [3.05, 3.63) is 48.0 Å². The molecule has 1 fully saturated rings. The van der Waals surface area contributed by atoms with Crippen LogP contribution in [0.4, 0.5) is 5.88 Å². The zero-order valence-electron chi connectivity index (χ0n) is 13.3. The summed E-state index contributed by atoms with van der Waals surface area (Å²) in [5.41, 5.74) is 2.23. The van der Waals surface area contributed by atoms with Crippen LogP contribution < -0.4 is 4.90 Å². The lowest BCUT2D eigenvalue weighted by Crippen LogP contribution is -2.28. The molecule has 120 valence electrons. The number of nitrogens with zero attached hydrogens (tertiary/aromatic N) is 3. The van der Waals surface area contributed by atoms with Crippen molar-refractivity contribution in [1.29, 1.82) is 5.26 Å². The molecule has 0 radical (unpaired) electrons. The van der Waals surface area contributed by atoms with Crippen LogP contribution in [-0.2, 0) is 0 Å². The van der Waals surface area contributed by atoms with Gasteiger partial charge in [-0.2, -0.15) is 5.26 Å². The predicted molar refractivity (Wildman–Crippen MR) is 94.3 cm³/mol. The first-order valence-electron chi connectivity index (χ1n) is 8.25. The number of para-hydroxylation sites is 2. The Hall–Kier alpha value is -3.00. The summed E-state index contributed by atoms with van der Waals surface area (Å²) in [4.78, 5) is 9.92. The molecule has 0 atom stereocenters. The van der Waals surface area contributed by atoms with Crippen LogP contribution in [0.3, 0.4) is 0 Å². The lowest BCUT2D eigenvalue weighted by atomic mass is 10.1. The Kier molecular flexibility index (Phi) is 3.80. The van der Waals surface area contributed by atoms with Crippen molar-refractivity contribution in [2.24, 2.45) is 0 Å². The quantitative estimate of drug-likeness (QED) is 0.734. The number of fused-ring (bicyclic) bond motifs is 1. The number of aromatic amines is 1. The van der Waals surface area contributed by atoms with Crippen LogP contribution >= 0.6 is 0 Å². The van der Waals surface area contributed by atoms with Gasteiger partial charge in [0.15, 0.2) is 5.88 Å². The minimum Gasteiger partial charge on any atom is -0.441 e. The Morgan fingerprint density at radius 3 is 2.79 bits per heavy atom. The Balaban J connectivity index is 1.63. The molecule has 1 aliphatic heterocycles. The third-order valence-electron chi connectivity index (χ3n) is 4.33. The molecule has 3 heterocycles. The number of furan rings is 1. The van der Waals surface area contributed by atoms with Gasteiger partial charge in [0.2, 0.25) is 0 Å². The fraction of sp³-hybridized carbons (Fsp3) is 0.263. The molecule has 4 rings (SSSR count). The number of hydrogen-bond donors (Lipinski definition) is 1. The number of benzene rings is 1. The second-order valence-corrected chi connectivity index (χ2v) is 6.00. The van der Waals surface area contributed by atoms with E-state index in [1.54, 1.807) is 6.08 Å². The number of nitrogens with one attached hydrogen (secondary N) is 1.